The summed E-state index contributed by atoms with van der Waals surface area (Å²) in [5.41, 5.74) is 7.63. The number of cyclic esters (lactones) is 1. The Morgan fingerprint density at radius 3 is 2.43 bits per heavy atom. The Morgan fingerprint density at radius 2 is 1.71 bits per heavy atom. The lowest BCUT2D eigenvalue weighted by molar-refractivity contribution is -0.175. The summed E-state index contributed by atoms with van der Waals surface area (Å²) in [7, 11) is 0. The number of ketones is 3. The number of carbonyl (C=O) groups excluding carboxylic acids is 8. The number of pyridine rings is 2. The van der Waals surface area contributed by atoms with Gasteiger partial charge in [0.25, 0.3) is 5.56 Å². The van der Waals surface area contributed by atoms with Gasteiger partial charge in [-0.2, -0.15) is 0 Å². The molecule has 1 saturated carbocycles. The molecule has 4 unspecified atom stereocenters. The van der Waals surface area contributed by atoms with Crippen LogP contribution in [0, 0.1) is 29.6 Å². The van der Waals surface area contributed by atoms with Crippen molar-refractivity contribution < 1.29 is 67.1 Å². The van der Waals surface area contributed by atoms with Crippen LogP contribution in [-0.2, 0) is 95.4 Å². The van der Waals surface area contributed by atoms with E-state index in [1.54, 1.807) is 47.5 Å². The zero-order chi connectivity index (χ0) is 60.2. The van der Waals surface area contributed by atoms with Crippen LogP contribution in [-0.4, -0.2) is 134 Å². The lowest BCUT2D eigenvalue weighted by atomic mass is 9.79. The third kappa shape index (κ3) is 14.8. The fraction of sp³-hybridized carbons (Fsp3) is 0.607. The lowest BCUT2D eigenvalue weighted by Gasteiger charge is -2.35. The number of nitrogens with one attached hydrogen (secondary N) is 1. The second-order valence-electron chi connectivity index (χ2n) is 23.1. The van der Waals surface area contributed by atoms with Crippen molar-refractivity contribution in [1.29, 1.82) is 0 Å². The van der Waals surface area contributed by atoms with Gasteiger partial charge in [0, 0.05) is 85.7 Å². The van der Waals surface area contributed by atoms with Gasteiger partial charge in [0.1, 0.15) is 38.0 Å². The average molecular weight is 1170 g/mol. The number of phenolic OH excluding ortho intramolecular Hbond substituents is 1. The number of nitrogens with zero attached hydrogens (tertiary/aromatic N) is 6. The number of aromatic hydroxyl groups is 1. The van der Waals surface area contributed by atoms with Gasteiger partial charge in [0.2, 0.25) is 23.3 Å². The van der Waals surface area contributed by atoms with Crippen molar-refractivity contribution in [3.63, 3.8) is 0 Å². The molecule has 6 heterocycles. The largest absolute Gasteiger partial charge is 0.509 e. The Hall–Kier alpha value is -7.24. The smallest absolute Gasteiger partial charge is 0.508 e. The maximum absolute atomic E-state index is 14.2. The van der Waals surface area contributed by atoms with Crippen molar-refractivity contribution in [3.05, 3.63) is 68.8 Å². The molecule has 1 aromatic carbocycles. The Labute approximate surface area is 488 Å². The first-order valence-electron chi connectivity index (χ1n) is 29.7. The number of amides is 3. The summed E-state index contributed by atoms with van der Waals surface area (Å²) in [6.07, 6.45) is 7.26. The topological polar surface area (TPSA) is 310 Å². The van der Waals surface area contributed by atoms with E-state index in [0.717, 1.165) is 42.2 Å². The van der Waals surface area contributed by atoms with Crippen molar-refractivity contribution >= 4 is 58.1 Å². The van der Waals surface area contributed by atoms with Crippen molar-refractivity contribution in [2.75, 3.05) is 46.1 Å². The molecule has 23 heteroatoms. The number of likely N-dealkylation sites (tertiary alicyclic amines) is 1. The van der Waals surface area contributed by atoms with Crippen LogP contribution < -0.4 is 16.6 Å². The monoisotopic (exact) mass is 1160 g/mol. The van der Waals surface area contributed by atoms with E-state index in [4.69, 9.17) is 34.4 Å². The number of unbranched alkanes of at least 4 members (excludes halogenated alkanes) is 1. The molecule has 8 rings (SSSR count). The van der Waals surface area contributed by atoms with Crippen molar-refractivity contribution in [2.45, 2.75) is 162 Å². The number of hydrogen-bond donors (Lipinski definition) is 3. The quantitative estimate of drug-likeness (QED) is 0.0271. The molecule has 4 aromatic rings. The highest BCUT2D eigenvalue weighted by Gasteiger charge is 2.51. The number of fused-ring (bicyclic) bond motifs is 5. The molecule has 2 fully saturated rings. The SMILES string of the molecule is CCc1c2c(nc3ccc(O)cc13)-c1cc3c(c(=O)n1C2)COC(=O)C3(CC)OC(=O)OCC(NC(=O)C(CCCCN)CC(=O)COCC(=O)CCCOCCn1cc(CCC(=O)C2CCC(CN3C(=O)CC(C)C3=O)CC2)nn1)C(C)C. The maximum Gasteiger partial charge on any atom is 0.509 e. The number of aryl methyl sites for hydroxylation is 2. The van der Waals surface area contributed by atoms with E-state index < -0.39 is 41.2 Å². The zero-order valence-electron chi connectivity index (χ0n) is 49.0. The van der Waals surface area contributed by atoms with Gasteiger partial charge in [-0.1, -0.05) is 46.3 Å². The minimum absolute atomic E-state index is 0.0301. The first kappa shape index (κ1) is 62.8. The minimum Gasteiger partial charge on any atom is -0.508 e. The second-order valence-corrected chi connectivity index (χ2v) is 23.1. The van der Waals surface area contributed by atoms with E-state index in [1.807, 2.05) is 20.8 Å². The number of aromatic nitrogens is 5. The van der Waals surface area contributed by atoms with E-state index in [2.05, 4.69) is 15.6 Å². The van der Waals surface area contributed by atoms with Gasteiger partial charge in [-0.3, -0.25) is 38.5 Å². The minimum atomic E-state index is -2.05. The third-order valence-electron chi connectivity index (χ3n) is 16.9. The molecule has 0 bridgehead atoms. The van der Waals surface area contributed by atoms with E-state index in [-0.39, 0.29) is 128 Å². The number of phenols is 1. The Bertz CT molecular complexity index is 3160. The summed E-state index contributed by atoms with van der Waals surface area (Å²) in [4.78, 5) is 125. The molecule has 0 radical (unpaired) electrons. The van der Waals surface area contributed by atoms with Crippen molar-refractivity contribution in [3.8, 4) is 17.1 Å². The van der Waals surface area contributed by atoms with Crippen LogP contribution in [0.3, 0.4) is 0 Å². The number of ether oxygens (including phenoxy) is 5. The van der Waals surface area contributed by atoms with Crippen LogP contribution in [0.25, 0.3) is 22.3 Å². The molecular weight excluding hydrogens is 1080 g/mol. The number of nitrogens with two attached hydrogens (primary N) is 1. The normalized spacial score (nSPS) is 19.9. The maximum atomic E-state index is 14.2. The lowest BCUT2D eigenvalue weighted by Crippen LogP contribution is -2.48. The van der Waals surface area contributed by atoms with E-state index >= 15 is 0 Å². The van der Waals surface area contributed by atoms with Crippen molar-refractivity contribution in [2.24, 2.45) is 35.3 Å². The van der Waals surface area contributed by atoms with Gasteiger partial charge >= 0.3 is 12.1 Å². The average Bonchev–Trinajstić information content (AvgIpc) is 1.82. The summed E-state index contributed by atoms with van der Waals surface area (Å²) < 4.78 is 31.4. The summed E-state index contributed by atoms with van der Waals surface area (Å²) >= 11 is 0. The fourth-order valence-electron chi connectivity index (χ4n) is 11.9. The molecule has 23 nitrogen and oxygen atoms in total. The third-order valence-corrected chi connectivity index (χ3v) is 16.9. The Balaban J connectivity index is 0.741. The van der Waals surface area contributed by atoms with Crippen LogP contribution in [0.4, 0.5) is 4.79 Å². The summed E-state index contributed by atoms with van der Waals surface area (Å²) in [6, 6.07) is 5.80. The highest BCUT2D eigenvalue weighted by Crippen LogP contribution is 2.43. The predicted octanol–water partition coefficient (Wildman–Crippen LogP) is 5.73. The van der Waals surface area contributed by atoms with Gasteiger partial charge in [0.15, 0.2) is 11.6 Å². The molecule has 3 aromatic heterocycles. The van der Waals surface area contributed by atoms with Gasteiger partial charge in [-0.05, 0) is 106 Å². The van der Waals surface area contributed by atoms with Crippen LogP contribution in [0.15, 0.2) is 35.3 Å². The fourth-order valence-corrected chi connectivity index (χ4v) is 11.9. The number of Topliss-reactive ketones (excluding diaryl/α,β-unsaturated/α-hetero) is 3. The Morgan fingerprint density at radius 1 is 0.940 bits per heavy atom. The number of imide groups is 1. The Kier molecular flexibility index (Phi) is 21.4. The molecule has 3 aliphatic heterocycles. The number of carbonyl (C=O) groups is 8. The number of hydrogen-bond acceptors (Lipinski definition) is 19. The molecule has 454 valence electrons. The molecule has 1 saturated heterocycles. The standard InChI is InChI=1S/C61H80N8O15/c1-6-45-46-27-42(70)18-19-50(46)63-55-47(45)31-68-52(55)28-49-48(58(68)77)34-82-59(78)61(49,7-2)84-60(79)83-35-51(36(3)4)64-56(75)40(11-8-9-21-62)26-44(72)33-81-32-43(71)12-10-23-80-24-22-67-30-41(65-66-67)17-20-53(73)39-15-13-38(14-16-39)29-69-54(74)25-37(5)57(69)76/h18-19,27-28,30,36-40,51,70H,6-17,20-26,29,31-35,62H2,1-5H3,(H,64,75). The van der Waals surface area contributed by atoms with E-state index in [9.17, 15) is 48.3 Å². The highest BCUT2D eigenvalue weighted by molar-refractivity contribution is 6.03. The molecule has 0 spiro atoms. The number of benzene rings is 1. The van der Waals surface area contributed by atoms with Crippen molar-refractivity contribution in [1.82, 2.24) is 34.8 Å². The number of rotatable bonds is 31. The first-order valence-corrected chi connectivity index (χ1v) is 29.7. The second kappa shape index (κ2) is 28.6. The van der Waals surface area contributed by atoms with Gasteiger partial charge < -0.3 is 44.4 Å². The summed E-state index contributed by atoms with van der Waals surface area (Å²) in [5, 5.41) is 22.3. The molecule has 4 aliphatic rings. The van der Waals surface area contributed by atoms with Crippen LogP contribution in [0.2, 0.25) is 0 Å². The van der Waals surface area contributed by atoms with Crippen LogP contribution in [0.1, 0.15) is 146 Å². The zero-order valence-corrected chi connectivity index (χ0v) is 49.0. The van der Waals surface area contributed by atoms with Gasteiger partial charge in [0.05, 0.1) is 53.9 Å². The van der Waals surface area contributed by atoms with Crippen LogP contribution in [0.5, 0.6) is 5.75 Å². The van der Waals surface area contributed by atoms with E-state index in [0.29, 0.717) is 100 Å². The number of esters is 1. The van der Waals surface area contributed by atoms with Gasteiger partial charge in [-0.25, -0.2) is 19.3 Å². The predicted molar refractivity (Wildman–Crippen MR) is 304 cm³/mol. The molecule has 1 aliphatic carbocycles. The molecule has 4 N–H and O–H groups in total. The summed E-state index contributed by atoms with van der Waals surface area (Å²) in [6.45, 7) is 9.78. The first-order chi connectivity index (χ1) is 40.3. The van der Waals surface area contributed by atoms with E-state index in [1.165, 1.54) is 11.0 Å². The summed E-state index contributed by atoms with van der Waals surface area (Å²) in [5.74, 6) is -2.92. The van der Waals surface area contributed by atoms with Gasteiger partial charge in [-0.15, -0.1) is 5.10 Å². The molecule has 84 heavy (non-hydrogen) atoms. The van der Waals surface area contributed by atoms with Crippen LogP contribution >= 0.6 is 0 Å². The molecule has 4 atom stereocenters. The molecule has 3 amide bonds. The molecular formula is C61H80N8O15. The highest BCUT2D eigenvalue weighted by atomic mass is 16.7.